The second-order valence-electron chi connectivity index (χ2n) is 3.91. The number of aromatic nitrogens is 1. The Bertz CT molecular complexity index is 406. The Labute approximate surface area is 94.3 Å². The number of carbonyl (C=O) groups excluding carboxylic acids is 1. The maximum Gasteiger partial charge on any atom is 0.320 e. The Balaban J connectivity index is 2.09. The van der Waals surface area contributed by atoms with Gasteiger partial charge in [-0.1, -0.05) is 0 Å². The zero-order valence-corrected chi connectivity index (χ0v) is 9.18. The normalized spacial score (nSPS) is 20.2. The van der Waals surface area contributed by atoms with Gasteiger partial charge < -0.3 is 14.8 Å². The summed E-state index contributed by atoms with van der Waals surface area (Å²) in [6.07, 6.45) is 4.15. The van der Waals surface area contributed by atoms with E-state index in [4.69, 9.17) is 5.26 Å². The first-order valence-corrected chi connectivity index (χ1v) is 5.25. The lowest BCUT2D eigenvalue weighted by atomic mass is 10.1. The van der Waals surface area contributed by atoms with Crippen LogP contribution in [0.25, 0.3) is 0 Å². The van der Waals surface area contributed by atoms with E-state index in [2.05, 4.69) is 11.1 Å². The molecule has 0 bridgehead atoms. The monoisotopic (exact) mass is 218 g/mol. The van der Waals surface area contributed by atoms with Gasteiger partial charge in [-0.15, -0.1) is 0 Å². The molecule has 1 aromatic heterocycles. The molecular formula is C11H14N4O. The quantitative estimate of drug-likeness (QED) is 0.832. The lowest BCUT2D eigenvalue weighted by molar-refractivity contribution is 0.196. The van der Waals surface area contributed by atoms with Crippen LogP contribution >= 0.6 is 0 Å². The number of urea groups is 1. The molecule has 2 rings (SSSR count). The molecule has 0 spiro atoms. The number of H-pyrrole nitrogens is 1. The standard InChI is InChI=1S/C11H14N4O/c1-14-10(9-3-5-13-7-9)8-15(11(14)16)6-2-4-12/h3,5,7,10,13H,2,6,8H2,1H3. The zero-order chi connectivity index (χ0) is 11.5. The molecular weight excluding hydrogens is 204 g/mol. The van der Waals surface area contributed by atoms with Crippen LogP contribution in [0.4, 0.5) is 4.79 Å². The lowest BCUT2D eigenvalue weighted by Gasteiger charge is -2.16. The van der Waals surface area contributed by atoms with Crippen LogP contribution < -0.4 is 0 Å². The molecule has 1 aliphatic rings. The Morgan fingerprint density at radius 2 is 2.50 bits per heavy atom. The lowest BCUT2D eigenvalue weighted by Crippen LogP contribution is -2.30. The van der Waals surface area contributed by atoms with Gasteiger partial charge in [0.15, 0.2) is 0 Å². The summed E-state index contributed by atoms with van der Waals surface area (Å²) >= 11 is 0. The minimum atomic E-state index is 0.00134. The number of aromatic amines is 1. The SMILES string of the molecule is CN1C(=O)N(CCC#N)CC1c1cc[nH]c1. The van der Waals surface area contributed by atoms with Gasteiger partial charge in [-0.2, -0.15) is 5.26 Å². The minimum Gasteiger partial charge on any atom is -0.367 e. The van der Waals surface area contributed by atoms with E-state index < -0.39 is 0 Å². The van der Waals surface area contributed by atoms with Gasteiger partial charge in [0.1, 0.15) is 0 Å². The summed E-state index contributed by atoms with van der Waals surface area (Å²) in [4.78, 5) is 18.3. The minimum absolute atomic E-state index is 0.00134. The fourth-order valence-corrected chi connectivity index (χ4v) is 2.01. The molecule has 84 valence electrons. The molecule has 16 heavy (non-hydrogen) atoms. The Hall–Kier alpha value is -1.96. The van der Waals surface area contributed by atoms with Gasteiger partial charge in [0.05, 0.1) is 18.5 Å². The highest BCUT2D eigenvalue weighted by Gasteiger charge is 2.35. The Kier molecular flexibility index (Phi) is 2.82. The van der Waals surface area contributed by atoms with E-state index >= 15 is 0 Å². The Morgan fingerprint density at radius 1 is 1.69 bits per heavy atom. The molecule has 0 aliphatic carbocycles. The van der Waals surface area contributed by atoms with Gasteiger partial charge >= 0.3 is 6.03 Å². The van der Waals surface area contributed by atoms with Crippen LogP contribution in [0.2, 0.25) is 0 Å². The van der Waals surface area contributed by atoms with E-state index in [-0.39, 0.29) is 12.1 Å². The van der Waals surface area contributed by atoms with Crippen molar-refractivity contribution < 1.29 is 4.79 Å². The van der Waals surface area contributed by atoms with Gasteiger partial charge in [0.25, 0.3) is 0 Å². The highest BCUT2D eigenvalue weighted by Crippen LogP contribution is 2.27. The highest BCUT2D eigenvalue weighted by atomic mass is 16.2. The summed E-state index contributed by atoms with van der Waals surface area (Å²) in [7, 11) is 1.80. The van der Waals surface area contributed by atoms with Crippen molar-refractivity contribution in [2.75, 3.05) is 20.1 Å². The highest BCUT2D eigenvalue weighted by molar-refractivity contribution is 5.77. The molecule has 5 heteroatoms. The number of hydrogen-bond donors (Lipinski definition) is 1. The number of nitriles is 1. The second-order valence-corrected chi connectivity index (χ2v) is 3.91. The molecule has 2 amide bonds. The molecule has 0 saturated carbocycles. The second kappa shape index (κ2) is 4.27. The van der Waals surface area contributed by atoms with Crippen LogP contribution in [-0.4, -0.2) is 41.0 Å². The maximum absolute atomic E-state index is 11.8. The van der Waals surface area contributed by atoms with Gasteiger partial charge in [-0.05, 0) is 11.6 Å². The van der Waals surface area contributed by atoms with Crippen LogP contribution in [-0.2, 0) is 0 Å². The summed E-state index contributed by atoms with van der Waals surface area (Å²) in [5, 5.41) is 8.52. The van der Waals surface area contributed by atoms with Crippen LogP contribution in [0.5, 0.6) is 0 Å². The Morgan fingerprint density at radius 3 is 3.12 bits per heavy atom. The number of likely N-dealkylation sites (N-methyl/N-ethyl adjacent to an activating group) is 1. The van der Waals surface area contributed by atoms with E-state index in [1.807, 2.05) is 18.5 Å². The van der Waals surface area contributed by atoms with Gasteiger partial charge in [-0.3, -0.25) is 0 Å². The summed E-state index contributed by atoms with van der Waals surface area (Å²) in [5.74, 6) is 0. The number of hydrogen-bond acceptors (Lipinski definition) is 2. The number of rotatable bonds is 3. The predicted molar refractivity (Wildman–Crippen MR) is 58.5 cm³/mol. The molecule has 1 unspecified atom stereocenters. The van der Waals surface area contributed by atoms with Crippen molar-refractivity contribution in [3.8, 4) is 6.07 Å². The van der Waals surface area contributed by atoms with E-state index in [1.54, 1.807) is 16.8 Å². The van der Waals surface area contributed by atoms with E-state index in [1.165, 1.54) is 0 Å². The molecule has 5 nitrogen and oxygen atoms in total. The first-order valence-electron chi connectivity index (χ1n) is 5.25. The topological polar surface area (TPSA) is 63.1 Å². The summed E-state index contributed by atoms with van der Waals surface area (Å²) in [6.45, 7) is 1.18. The maximum atomic E-state index is 11.8. The average Bonchev–Trinajstić information content (AvgIpc) is 2.88. The fraction of sp³-hybridized carbons (Fsp3) is 0.455. The summed E-state index contributed by atoms with van der Waals surface area (Å²) in [5.41, 5.74) is 1.11. The molecule has 2 heterocycles. The molecule has 1 fully saturated rings. The van der Waals surface area contributed by atoms with E-state index in [0.717, 1.165) is 5.56 Å². The number of nitrogens with one attached hydrogen (secondary N) is 1. The third kappa shape index (κ3) is 1.74. The van der Waals surface area contributed by atoms with Gasteiger partial charge in [0, 0.05) is 32.5 Å². The number of carbonyl (C=O) groups is 1. The van der Waals surface area contributed by atoms with E-state index in [9.17, 15) is 4.79 Å². The van der Waals surface area contributed by atoms with Crippen molar-refractivity contribution in [2.24, 2.45) is 0 Å². The van der Waals surface area contributed by atoms with Crippen molar-refractivity contribution in [1.29, 1.82) is 5.26 Å². The first kappa shape index (κ1) is 10.6. The molecule has 1 aliphatic heterocycles. The zero-order valence-electron chi connectivity index (χ0n) is 9.18. The average molecular weight is 218 g/mol. The molecule has 0 aromatic carbocycles. The third-order valence-corrected chi connectivity index (χ3v) is 2.93. The van der Waals surface area contributed by atoms with Gasteiger partial charge in [-0.25, -0.2) is 4.79 Å². The third-order valence-electron chi connectivity index (χ3n) is 2.93. The fourth-order valence-electron chi connectivity index (χ4n) is 2.01. The summed E-state index contributed by atoms with van der Waals surface area (Å²) in [6, 6.07) is 4.13. The van der Waals surface area contributed by atoms with Crippen LogP contribution in [0.1, 0.15) is 18.0 Å². The molecule has 1 saturated heterocycles. The smallest absolute Gasteiger partial charge is 0.320 e. The van der Waals surface area contributed by atoms with Crippen LogP contribution in [0.15, 0.2) is 18.5 Å². The number of amides is 2. The van der Waals surface area contributed by atoms with Crippen molar-refractivity contribution >= 4 is 6.03 Å². The predicted octanol–water partition coefficient (Wildman–Crippen LogP) is 1.34. The van der Waals surface area contributed by atoms with Crippen molar-refractivity contribution in [3.05, 3.63) is 24.0 Å². The molecule has 1 atom stereocenters. The van der Waals surface area contributed by atoms with Crippen LogP contribution in [0.3, 0.4) is 0 Å². The first-order chi connectivity index (χ1) is 7.74. The van der Waals surface area contributed by atoms with E-state index in [0.29, 0.717) is 19.5 Å². The van der Waals surface area contributed by atoms with Crippen LogP contribution in [0, 0.1) is 11.3 Å². The van der Waals surface area contributed by atoms with Crippen molar-refractivity contribution in [2.45, 2.75) is 12.5 Å². The van der Waals surface area contributed by atoms with Gasteiger partial charge in [0.2, 0.25) is 0 Å². The van der Waals surface area contributed by atoms with Crippen molar-refractivity contribution in [1.82, 2.24) is 14.8 Å². The largest absolute Gasteiger partial charge is 0.367 e. The number of nitrogens with zero attached hydrogens (tertiary/aromatic N) is 3. The molecule has 1 aromatic rings. The molecule has 0 radical (unpaired) electrons. The summed E-state index contributed by atoms with van der Waals surface area (Å²) < 4.78 is 0. The van der Waals surface area contributed by atoms with Crippen molar-refractivity contribution in [3.63, 3.8) is 0 Å². The molecule has 1 N–H and O–H groups in total.